The molecule has 0 amide bonds. The topological polar surface area (TPSA) is 0 Å². The molecular formula is C15H12Cl2Zr. The van der Waals surface area contributed by atoms with Crippen molar-refractivity contribution >= 4 is 17.0 Å². The molecule has 0 spiro atoms. The van der Waals surface area contributed by atoms with Gasteiger partial charge in [0.15, 0.2) is 0 Å². The number of hydrogen-bond acceptors (Lipinski definition) is 0. The van der Waals surface area contributed by atoms with Gasteiger partial charge in [0.1, 0.15) is 0 Å². The van der Waals surface area contributed by atoms with Crippen LogP contribution in [0.15, 0.2) is 72.8 Å². The largest absolute Gasteiger partial charge is 0.214 e. The monoisotopic (exact) mass is 352 g/mol. The van der Waals surface area contributed by atoms with Crippen LogP contribution in [0, 0.1) is 6.07 Å². The fourth-order valence-corrected chi connectivity index (χ4v) is 1.38. The molecule has 0 saturated carbocycles. The average molecular weight is 354 g/mol. The Morgan fingerprint density at radius 2 is 1.56 bits per heavy atom. The van der Waals surface area contributed by atoms with Crippen LogP contribution in [0.5, 0.6) is 0 Å². The van der Waals surface area contributed by atoms with Gasteiger partial charge in [-0.25, -0.2) is 12.1 Å². The van der Waals surface area contributed by atoms with Gasteiger partial charge in [-0.05, 0) is 0 Å². The molecule has 0 N–H and O–H groups in total. The van der Waals surface area contributed by atoms with E-state index in [2.05, 4.69) is 24.3 Å². The zero-order valence-electron chi connectivity index (χ0n) is 9.68. The molecule has 3 rings (SSSR count). The van der Waals surface area contributed by atoms with Crippen molar-refractivity contribution in [2.45, 2.75) is 0 Å². The van der Waals surface area contributed by atoms with Gasteiger partial charge in [0.05, 0.1) is 0 Å². The molecule has 0 bridgehead atoms. The minimum absolute atomic E-state index is 0.826. The molecule has 1 aromatic carbocycles. The Morgan fingerprint density at radius 1 is 0.889 bits per heavy atom. The van der Waals surface area contributed by atoms with E-state index in [4.69, 9.17) is 17.0 Å². The third-order valence-electron chi connectivity index (χ3n) is 2.13. The van der Waals surface area contributed by atoms with Crippen molar-refractivity contribution in [3.63, 3.8) is 0 Å². The first-order valence-corrected chi connectivity index (χ1v) is 11.7. The van der Waals surface area contributed by atoms with E-state index < -0.39 is 20.8 Å². The van der Waals surface area contributed by atoms with E-state index in [1.165, 1.54) is 11.1 Å². The molecule has 0 atom stereocenters. The Balaban J connectivity index is 0.000000170. The summed E-state index contributed by atoms with van der Waals surface area (Å²) in [5, 5.41) is 0. The van der Waals surface area contributed by atoms with Crippen molar-refractivity contribution in [3.05, 3.63) is 78.9 Å². The fraction of sp³-hybridized carbons (Fsp3) is 0. The first-order chi connectivity index (χ1) is 8.88. The van der Waals surface area contributed by atoms with E-state index in [1.807, 2.05) is 54.6 Å². The van der Waals surface area contributed by atoms with Gasteiger partial charge >= 0.3 is 37.9 Å². The van der Waals surface area contributed by atoms with Crippen molar-refractivity contribution in [3.8, 4) is 11.1 Å². The molecule has 18 heavy (non-hydrogen) atoms. The van der Waals surface area contributed by atoms with Gasteiger partial charge < -0.3 is 0 Å². The van der Waals surface area contributed by atoms with E-state index in [-0.39, 0.29) is 0 Å². The van der Waals surface area contributed by atoms with E-state index in [9.17, 15) is 0 Å². The predicted molar refractivity (Wildman–Crippen MR) is 75.6 cm³/mol. The molecule has 90 valence electrons. The molecule has 2 aliphatic rings. The number of halogens is 2. The maximum absolute atomic E-state index is 4.93. The van der Waals surface area contributed by atoms with Crippen LogP contribution < -0.4 is 0 Å². The summed E-state index contributed by atoms with van der Waals surface area (Å²) in [5.74, 6) is 0. The summed E-state index contributed by atoms with van der Waals surface area (Å²) in [7, 11) is 9.87. The van der Waals surface area contributed by atoms with Crippen LogP contribution >= 0.6 is 17.0 Å². The Hall–Kier alpha value is -0.487. The molecule has 1 aromatic rings. The fourth-order valence-electron chi connectivity index (χ4n) is 1.38. The van der Waals surface area contributed by atoms with Crippen LogP contribution in [0.1, 0.15) is 0 Å². The van der Waals surface area contributed by atoms with Gasteiger partial charge in [-0.1, -0.05) is 12.1 Å². The van der Waals surface area contributed by atoms with E-state index in [0.717, 1.165) is 0 Å². The molecule has 0 aliphatic heterocycles. The van der Waals surface area contributed by atoms with Crippen LogP contribution in [0.4, 0.5) is 0 Å². The van der Waals surface area contributed by atoms with Gasteiger partial charge in [-0.2, -0.15) is 35.9 Å². The maximum Gasteiger partial charge on any atom is -0.0723 e. The van der Waals surface area contributed by atoms with Gasteiger partial charge in [0.2, 0.25) is 0 Å². The maximum atomic E-state index is 4.93. The number of rotatable bonds is 0. The second-order valence-electron chi connectivity index (χ2n) is 3.29. The molecule has 0 unspecified atom stereocenters. The van der Waals surface area contributed by atoms with Crippen molar-refractivity contribution in [1.82, 2.24) is 0 Å². The normalized spacial score (nSPS) is 8.33. The zero-order chi connectivity index (χ0) is 13.1. The van der Waals surface area contributed by atoms with Gasteiger partial charge in [0, 0.05) is 0 Å². The first kappa shape index (κ1) is 15.6. The molecule has 0 saturated heterocycles. The molecule has 0 heterocycles. The van der Waals surface area contributed by atoms with Crippen molar-refractivity contribution in [1.29, 1.82) is 0 Å². The van der Waals surface area contributed by atoms with Crippen LogP contribution in [-0.2, 0) is 20.8 Å². The predicted octanol–water partition coefficient (Wildman–Crippen LogP) is 5.37. The van der Waals surface area contributed by atoms with Gasteiger partial charge in [-0.15, -0.1) is 29.8 Å². The zero-order valence-corrected chi connectivity index (χ0v) is 13.7. The summed E-state index contributed by atoms with van der Waals surface area (Å²) < 4.78 is 0. The second-order valence-corrected chi connectivity index (χ2v) is 7.02. The summed E-state index contributed by atoms with van der Waals surface area (Å²) >= 11 is -0.826. The Kier molecular flexibility index (Phi) is 9.03. The summed E-state index contributed by atoms with van der Waals surface area (Å²) in [5.41, 5.74) is 2.44. The minimum atomic E-state index is -0.826. The standard InChI is InChI=1S/C10H7.C5H5.2ClH.Zr/c1-2-5-9-7-4-8-10(9)6-3-1;1-2-4-5-3-1;;;/h1-7H;1-5H;2*1H;/q2*-1;;;+4/p-2. The third-order valence-corrected chi connectivity index (χ3v) is 2.13. The van der Waals surface area contributed by atoms with E-state index in [1.54, 1.807) is 0 Å². The third kappa shape index (κ3) is 6.45. The Bertz CT molecular complexity index is 435. The SMILES string of the molecule is [Cl][Zr+2][Cl].[c-]1ccc2cccccc1-2.c1cc[cH-]c1. The van der Waals surface area contributed by atoms with Gasteiger partial charge in [0.25, 0.3) is 0 Å². The summed E-state index contributed by atoms with van der Waals surface area (Å²) in [6.07, 6.45) is 0. The quantitative estimate of drug-likeness (QED) is 0.476. The van der Waals surface area contributed by atoms with E-state index >= 15 is 0 Å². The van der Waals surface area contributed by atoms with Crippen LogP contribution in [-0.4, -0.2) is 0 Å². The summed E-state index contributed by atoms with van der Waals surface area (Å²) in [6.45, 7) is 0. The molecule has 0 aromatic heterocycles. The van der Waals surface area contributed by atoms with Crippen LogP contribution in [0.3, 0.4) is 0 Å². The van der Waals surface area contributed by atoms with E-state index in [0.29, 0.717) is 0 Å². The second kappa shape index (κ2) is 10.4. The van der Waals surface area contributed by atoms with Crippen molar-refractivity contribution in [2.24, 2.45) is 0 Å². The molecular weight excluding hydrogens is 342 g/mol. The molecule has 3 heteroatoms. The Labute approximate surface area is 127 Å². The molecule has 2 aliphatic carbocycles. The van der Waals surface area contributed by atoms with Crippen molar-refractivity contribution < 1.29 is 20.8 Å². The van der Waals surface area contributed by atoms with Gasteiger partial charge in [-0.3, -0.25) is 0 Å². The van der Waals surface area contributed by atoms with Crippen LogP contribution in [0.25, 0.3) is 11.1 Å². The van der Waals surface area contributed by atoms with Crippen LogP contribution in [0.2, 0.25) is 0 Å². The molecule has 0 nitrogen and oxygen atoms in total. The number of hydrogen-bond donors (Lipinski definition) is 0. The first-order valence-electron chi connectivity index (χ1n) is 5.37. The molecule has 0 fully saturated rings. The minimum Gasteiger partial charge on any atom is -0.214 e. The summed E-state index contributed by atoms with van der Waals surface area (Å²) in [4.78, 5) is 0. The Morgan fingerprint density at radius 3 is 2.17 bits per heavy atom. The average Bonchev–Trinajstić information content (AvgIpc) is 3.03. The molecule has 0 radical (unpaired) electrons. The smallest absolute Gasteiger partial charge is 0.0723 e. The van der Waals surface area contributed by atoms with Crippen molar-refractivity contribution in [2.75, 3.05) is 0 Å². The number of fused-ring (bicyclic) bond motifs is 1. The summed E-state index contributed by atoms with van der Waals surface area (Å²) in [6, 6.07) is 27.4.